The molecule has 1 aromatic heterocycles. The third kappa shape index (κ3) is 3.36. The van der Waals surface area contributed by atoms with Crippen molar-refractivity contribution < 1.29 is 18.3 Å². The molecule has 0 fully saturated rings. The Morgan fingerprint density at radius 1 is 1.65 bits per heavy atom. The van der Waals surface area contributed by atoms with Crippen LogP contribution in [-0.4, -0.2) is 18.1 Å². The Balaban J connectivity index is 3.16. The van der Waals surface area contributed by atoms with Crippen molar-refractivity contribution in [2.24, 2.45) is 0 Å². The second-order valence-corrected chi connectivity index (χ2v) is 3.82. The molecular formula is C10H11BrF2N2O2. The van der Waals surface area contributed by atoms with Crippen LogP contribution in [0, 0.1) is 0 Å². The number of anilines is 1. The summed E-state index contributed by atoms with van der Waals surface area (Å²) in [5.74, 6) is -0.537. The summed E-state index contributed by atoms with van der Waals surface area (Å²) in [4.78, 5) is 14.8. The van der Waals surface area contributed by atoms with Crippen LogP contribution in [0.3, 0.4) is 0 Å². The largest absolute Gasteiger partial charge is 0.469 e. The zero-order valence-electron chi connectivity index (χ0n) is 9.04. The second kappa shape index (κ2) is 5.90. The molecule has 17 heavy (non-hydrogen) atoms. The first kappa shape index (κ1) is 13.8. The maximum atomic E-state index is 12.6. The molecule has 0 spiro atoms. The van der Waals surface area contributed by atoms with Crippen LogP contribution in [0.4, 0.5) is 14.5 Å². The number of nitrogens with zero attached hydrogens (tertiary/aromatic N) is 1. The number of halogens is 3. The molecule has 94 valence electrons. The van der Waals surface area contributed by atoms with Crippen LogP contribution in [-0.2, 0) is 21.3 Å². The summed E-state index contributed by atoms with van der Waals surface area (Å²) in [7, 11) is 1.22. The molecule has 0 saturated heterocycles. The molecule has 1 aromatic rings. The summed E-state index contributed by atoms with van der Waals surface area (Å²) in [5, 5.41) is 0.375. The topological polar surface area (TPSA) is 65.2 Å². The van der Waals surface area contributed by atoms with E-state index >= 15 is 0 Å². The van der Waals surface area contributed by atoms with E-state index in [1.807, 2.05) is 0 Å². The van der Waals surface area contributed by atoms with Gasteiger partial charge in [0.05, 0.1) is 24.9 Å². The smallest absolute Gasteiger partial charge is 0.311 e. The minimum Gasteiger partial charge on any atom is -0.469 e. The molecular weight excluding hydrogens is 298 g/mol. The Bertz CT molecular complexity index is 427. The Hall–Kier alpha value is -1.24. The van der Waals surface area contributed by atoms with Crippen molar-refractivity contribution >= 4 is 27.6 Å². The predicted molar refractivity (Wildman–Crippen MR) is 62.0 cm³/mol. The Labute approximate surface area is 105 Å². The number of aromatic nitrogens is 1. The van der Waals surface area contributed by atoms with Crippen molar-refractivity contribution in [2.75, 3.05) is 12.8 Å². The summed E-state index contributed by atoms with van der Waals surface area (Å²) >= 11 is 3.18. The fourth-order valence-corrected chi connectivity index (χ4v) is 1.76. The Morgan fingerprint density at radius 3 is 2.76 bits per heavy atom. The Kier molecular flexibility index (Phi) is 4.80. The number of hydrogen-bond acceptors (Lipinski definition) is 4. The molecule has 0 saturated carbocycles. The van der Waals surface area contributed by atoms with Gasteiger partial charge in [0.15, 0.2) is 0 Å². The normalized spacial score (nSPS) is 10.6. The number of carbonyl (C=O) groups is 1. The second-order valence-electron chi connectivity index (χ2n) is 3.26. The third-order valence-electron chi connectivity index (χ3n) is 2.14. The molecule has 0 amide bonds. The number of rotatable bonds is 4. The number of nitrogens with two attached hydrogens (primary N) is 1. The van der Waals surface area contributed by atoms with E-state index < -0.39 is 18.1 Å². The van der Waals surface area contributed by atoms with E-state index in [4.69, 9.17) is 5.73 Å². The van der Waals surface area contributed by atoms with Crippen molar-refractivity contribution in [1.29, 1.82) is 0 Å². The van der Waals surface area contributed by atoms with Crippen LogP contribution >= 0.6 is 15.9 Å². The highest BCUT2D eigenvalue weighted by Gasteiger charge is 2.18. The van der Waals surface area contributed by atoms with Gasteiger partial charge in [-0.1, -0.05) is 15.9 Å². The molecule has 2 N–H and O–H groups in total. The molecule has 7 heteroatoms. The Morgan fingerprint density at radius 2 is 2.29 bits per heavy atom. The summed E-state index contributed by atoms with van der Waals surface area (Å²) < 4.78 is 29.7. The van der Waals surface area contributed by atoms with Crippen LogP contribution in [0.15, 0.2) is 6.07 Å². The van der Waals surface area contributed by atoms with Gasteiger partial charge >= 0.3 is 5.97 Å². The molecule has 0 aliphatic rings. The molecule has 0 aromatic carbocycles. The number of esters is 1. The first-order chi connectivity index (χ1) is 7.99. The molecule has 0 unspecified atom stereocenters. The lowest BCUT2D eigenvalue weighted by atomic mass is 10.1. The fraction of sp³-hybridized carbons (Fsp3) is 0.400. The minimum absolute atomic E-state index is 0.0805. The van der Waals surface area contributed by atoms with E-state index in [0.29, 0.717) is 10.9 Å². The van der Waals surface area contributed by atoms with E-state index in [9.17, 15) is 13.6 Å². The summed E-state index contributed by atoms with van der Waals surface area (Å²) in [6.07, 6.45) is -2.92. The molecule has 4 nitrogen and oxygen atoms in total. The van der Waals surface area contributed by atoms with Crippen molar-refractivity contribution in [3.63, 3.8) is 0 Å². The summed E-state index contributed by atoms with van der Waals surface area (Å²) in [6, 6.07) is 1.39. The highest BCUT2D eigenvalue weighted by atomic mass is 79.9. The third-order valence-corrected chi connectivity index (χ3v) is 2.75. The van der Waals surface area contributed by atoms with Crippen LogP contribution in [0.1, 0.15) is 23.4 Å². The SMILES string of the molecule is COC(=O)Cc1nc(C(F)F)c(N)cc1CBr. The average molecular weight is 309 g/mol. The number of alkyl halides is 3. The lowest BCUT2D eigenvalue weighted by Gasteiger charge is -2.10. The van der Waals surface area contributed by atoms with Gasteiger partial charge < -0.3 is 10.5 Å². The van der Waals surface area contributed by atoms with E-state index in [-0.39, 0.29) is 17.8 Å². The van der Waals surface area contributed by atoms with Crippen LogP contribution in [0.5, 0.6) is 0 Å². The monoisotopic (exact) mass is 308 g/mol. The van der Waals surface area contributed by atoms with Gasteiger partial charge in [-0.25, -0.2) is 13.8 Å². The first-order valence-electron chi connectivity index (χ1n) is 4.68. The highest BCUT2D eigenvalue weighted by molar-refractivity contribution is 9.08. The molecule has 1 heterocycles. The minimum atomic E-state index is -2.77. The van der Waals surface area contributed by atoms with Crippen LogP contribution in [0.25, 0.3) is 0 Å². The van der Waals surface area contributed by atoms with E-state index in [1.54, 1.807) is 0 Å². The van der Waals surface area contributed by atoms with E-state index in [1.165, 1.54) is 13.2 Å². The van der Waals surface area contributed by atoms with Crippen molar-refractivity contribution in [3.05, 3.63) is 23.0 Å². The van der Waals surface area contributed by atoms with Gasteiger partial charge in [0.2, 0.25) is 0 Å². The molecule has 0 aliphatic heterocycles. The molecule has 0 radical (unpaired) electrons. The number of carbonyl (C=O) groups excluding carboxylic acids is 1. The zero-order chi connectivity index (χ0) is 13.0. The van der Waals surface area contributed by atoms with Gasteiger partial charge in [-0.3, -0.25) is 4.79 Å². The number of pyridine rings is 1. The van der Waals surface area contributed by atoms with Gasteiger partial charge in [-0.2, -0.15) is 0 Å². The van der Waals surface area contributed by atoms with Crippen molar-refractivity contribution in [3.8, 4) is 0 Å². The molecule has 0 aliphatic carbocycles. The van der Waals surface area contributed by atoms with Gasteiger partial charge in [0.25, 0.3) is 6.43 Å². The number of hydrogen-bond donors (Lipinski definition) is 1. The zero-order valence-corrected chi connectivity index (χ0v) is 10.6. The number of ether oxygens (including phenoxy) is 1. The van der Waals surface area contributed by atoms with Gasteiger partial charge in [0.1, 0.15) is 5.69 Å². The standard InChI is InChI=1S/C10H11BrF2N2O2/c1-17-8(16)3-7-5(4-11)2-6(14)9(15-7)10(12)13/h2,10H,3-4,14H2,1H3. The van der Waals surface area contributed by atoms with E-state index in [2.05, 4.69) is 25.7 Å². The summed E-state index contributed by atoms with van der Waals surface area (Å²) in [5.41, 5.74) is 5.71. The van der Waals surface area contributed by atoms with Crippen LogP contribution in [0.2, 0.25) is 0 Å². The van der Waals surface area contributed by atoms with E-state index in [0.717, 1.165) is 0 Å². The lowest BCUT2D eigenvalue weighted by molar-refractivity contribution is -0.139. The van der Waals surface area contributed by atoms with Crippen molar-refractivity contribution in [2.45, 2.75) is 18.2 Å². The summed E-state index contributed by atoms with van der Waals surface area (Å²) in [6.45, 7) is 0. The maximum absolute atomic E-state index is 12.6. The molecule has 0 atom stereocenters. The quantitative estimate of drug-likeness (QED) is 0.684. The van der Waals surface area contributed by atoms with Crippen molar-refractivity contribution in [1.82, 2.24) is 4.98 Å². The molecule has 0 bridgehead atoms. The number of methoxy groups -OCH3 is 1. The van der Waals surface area contributed by atoms with Gasteiger partial charge in [-0.05, 0) is 11.6 Å². The van der Waals surface area contributed by atoms with Gasteiger partial charge in [-0.15, -0.1) is 0 Å². The molecule has 1 rings (SSSR count). The van der Waals surface area contributed by atoms with Gasteiger partial charge in [0, 0.05) is 5.33 Å². The lowest BCUT2D eigenvalue weighted by Crippen LogP contribution is -2.11. The highest BCUT2D eigenvalue weighted by Crippen LogP contribution is 2.26. The van der Waals surface area contributed by atoms with Crippen LogP contribution < -0.4 is 5.73 Å². The fourth-order valence-electron chi connectivity index (χ4n) is 1.28. The first-order valence-corrected chi connectivity index (χ1v) is 5.80. The predicted octanol–water partition coefficient (Wildman–Crippen LogP) is 2.21. The number of nitrogen functional groups attached to an aromatic ring is 1. The maximum Gasteiger partial charge on any atom is 0.311 e. The average Bonchev–Trinajstić information content (AvgIpc) is 2.30.